The molecule has 0 aliphatic carbocycles. The second-order valence-electron chi connectivity index (χ2n) is 4.70. The van der Waals surface area contributed by atoms with Gasteiger partial charge in [-0.3, -0.25) is 0 Å². The maximum Gasteiger partial charge on any atom is 0.201 e. The second-order valence-corrected chi connectivity index (χ2v) is 5.14. The van der Waals surface area contributed by atoms with Gasteiger partial charge in [-0.25, -0.2) is 9.37 Å². The minimum atomic E-state index is -0.264. The highest BCUT2D eigenvalue weighted by Crippen LogP contribution is 2.28. The number of benzene rings is 2. The first-order chi connectivity index (χ1) is 9.56. The van der Waals surface area contributed by atoms with E-state index in [9.17, 15) is 4.39 Å². The Morgan fingerprint density at radius 1 is 1.25 bits per heavy atom. The molecule has 1 heterocycles. The predicted octanol–water partition coefficient (Wildman–Crippen LogP) is 4.02. The van der Waals surface area contributed by atoms with Gasteiger partial charge in [-0.2, -0.15) is 0 Å². The smallest absolute Gasteiger partial charge is 0.201 e. The third kappa shape index (κ3) is 2.12. The molecule has 0 spiro atoms. The molecule has 20 heavy (non-hydrogen) atoms. The molecule has 0 amide bonds. The lowest BCUT2D eigenvalue weighted by atomic mass is 10.1. The summed E-state index contributed by atoms with van der Waals surface area (Å²) in [4.78, 5) is 4.31. The zero-order valence-corrected chi connectivity index (χ0v) is 11.6. The lowest BCUT2D eigenvalue weighted by molar-refractivity contribution is 0.612. The molecule has 3 aromatic rings. The summed E-state index contributed by atoms with van der Waals surface area (Å²) in [7, 11) is 0. The molecular weight excluding hydrogens is 277 g/mol. The monoisotopic (exact) mass is 289 g/mol. The van der Waals surface area contributed by atoms with E-state index < -0.39 is 0 Å². The average Bonchev–Trinajstić information content (AvgIpc) is 2.73. The number of rotatable bonds is 2. The minimum Gasteiger partial charge on any atom is -0.369 e. The van der Waals surface area contributed by atoms with Crippen LogP contribution in [0.15, 0.2) is 42.5 Å². The number of halogens is 2. The summed E-state index contributed by atoms with van der Waals surface area (Å²) < 4.78 is 15.2. The third-order valence-corrected chi connectivity index (χ3v) is 3.63. The highest BCUT2D eigenvalue weighted by atomic mass is 35.5. The number of fused-ring (bicyclic) bond motifs is 1. The van der Waals surface area contributed by atoms with Crippen molar-refractivity contribution in [3.8, 4) is 0 Å². The number of imidazole rings is 1. The van der Waals surface area contributed by atoms with Crippen LogP contribution in [0.5, 0.6) is 0 Å². The summed E-state index contributed by atoms with van der Waals surface area (Å²) in [5, 5.41) is 0.612. The van der Waals surface area contributed by atoms with Crippen molar-refractivity contribution in [2.45, 2.75) is 13.0 Å². The number of nitrogens with two attached hydrogens (primary N) is 1. The number of nitrogens with zero attached hydrogens (tertiary/aromatic N) is 2. The first kappa shape index (κ1) is 12.9. The highest BCUT2D eigenvalue weighted by molar-refractivity contribution is 6.31. The molecule has 1 aromatic heterocycles. The Bertz CT molecular complexity index is 782. The topological polar surface area (TPSA) is 43.8 Å². The van der Waals surface area contributed by atoms with Crippen LogP contribution in [0.3, 0.4) is 0 Å². The predicted molar refractivity (Wildman–Crippen MR) is 79.4 cm³/mol. The molecule has 2 aromatic carbocycles. The molecule has 0 saturated carbocycles. The van der Waals surface area contributed by atoms with Crippen LogP contribution in [0.25, 0.3) is 11.0 Å². The zero-order chi connectivity index (χ0) is 14.3. The number of hydrogen-bond donors (Lipinski definition) is 1. The molecule has 1 unspecified atom stereocenters. The SMILES string of the molecule is CC(c1cccc(F)c1)n1c(N)nc2cc(Cl)ccc21. The molecule has 0 radical (unpaired) electrons. The molecule has 0 bridgehead atoms. The van der Waals surface area contributed by atoms with Crippen molar-refractivity contribution >= 4 is 28.6 Å². The van der Waals surface area contributed by atoms with Crippen LogP contribution in [-0.4, -0.2) is 9.55 Å². The van der Waals surface area contributed by atoms with E-state index in [1.165, 1.54) is 12.1 Å². The van der Waals surface area contributed by atoms with E-state index in [-0.39, 0.29) is 11.9 Å². The van der Waals surface area contributed by atoms with Crippen LogP contribution in [0, 0.1) is 5.82 Å². The molecule has 3 nitrogen and oxygen atoms in total. The maximum absolute atomic E-state index is 13.4. The average molecular weight is 290 g/mol. The van der Waals surface area contributed by atoms with Crippen molar-refractivity contribution in [2.24, 2.45) is 0 Å². The second kappa shape index (κ2) is 4.80. The van der Waals surface area contributed by atoms with Gasteiger partial charge in [-0.1, -0.05) is 23.7 Å². The molecule has 0 fully saturated rings. The lowest BCUT2D eigenvalue weighted by Gasteiger charge is -2.16. The van der Waals surface area contributed by atoms with Gasteiger partial charge in [0.05, 0.1) is 17.1 Å². The van der Waals surface area contributed by atoms with E-state index in [1.807, 2.05) is 23.6 Å². The molecule has 3 rings (SSSR count). The third-order valence-electron chi connectivity index (χ3n) is 3.40. The fourth-order valence-electron chi connectivity index (χ4n) is 2.41. The molecule has 0 aliphatic heterocycles. The van der Waals surface area contributed by atoms with Gasteiger partial charge in [0.1, 0.15) is 5.82 Å². The number of nitrogen functional groups attached to an aromatic ring is 1. The Morgan fingerprint density at radius 2 is 2.05 bits per heavy atom. The van der Waals surface area contributed by atoms with Crippen LogP contribution in [0.4, 0.5) is 10.3 Å². The first-order valence-electron chi connectivity index (χ1n) is 6.24. The number of hydrogen-bond acceptors (Lipinski definition) is 2. The molecule has 0 aliphatic rings. The Morgan fingerprint density at radius 3 is 2.80 bits per heavy atom. The van der Waals surface area contributed by atoms with Gasteiger partial charge >= 0.3 is 0 Å². The van der Waals surface area contributed by atoms with Crippen LogP contribution < -0.4 is 5.73 Å². The molecule has 1 atom stereocenters. The van der Waals surface area contributed by atoms with Crippen LogP contribution >= 0.6 is 11.6 Å². The summed E-state index contributed by atoms with van der Waals surface area (Å²) in [5.74, 6) is 0.124. The highest BCUT2D eigenvalue weighted by Gasteiger charge is 2.16. The van der Waals surface area contributed by atoms with E-state index >= 15 is 0 Å². The van der Waals surface area contributed by atoms with Gasteiger partial charge in [-0.05, 0) is 42.8 Å². The van der Waals surface area contributed by atoms with Crippen LogP contribution in [0.1, 0.15) is 18.5 Å². The fraction of sp³-hybridized carbons (Fsp3) is 0.133. The summed E-state index contributed by atoms with van der Waals surface area (Å²) in [6, 6.07) is 11.8. The lowest BCUT2D eigenvalue weighted by Crippen LogP contribution is -2.10. The van der Waals surface area contributed by atoms with Crippen molar-refractivity contribution in [3.05, 3.63) is 58.9 Å². The van der Waals surface area contributed by atoms with Crippen molar-refractivity contribution in [1.82, 2.24) is 9.55 Å². The summed E-state index contributed by atoms with van der Waals surface area (Å²) >= 11 is 5.96. The minimum absolute atomic E-state index is 0.114. The number of anilines is 1. The normalized spacial score (nSPS) is 12.8. The zero-order valence-electron chi connectivity index (χ0n) is 10.8. The Hall–Kier alpha value is -2.07. The summed E-state index contributed by atoms with van der Waals surface area (Å²) in [6.07, 6.45) is 0. The van der Waals surface area contributed by atoms with E-state index in [2.05, 4.69) is 4.98 Å². The van der Waals surface area contributed by atoms with Gasteiger partial charge in [0.15, 0.2) is 0 Å². The Kier molecular flexibility index (Phi) is 3.10. The van der Waals surface area contributed by atoms with E-state index in [4.69, 9.17) is 17.3 Å². The first-order valence-corrected chi connectivity index (χ1v) is 6.62. The summed E-state index contributed by atoms with van der Waals surface area (Å²) in [6.45, 7) is 1.96. The number of aromatic nitrogens is 2. The van der Waals surface area contributed by atoms with E-state index in [1.54, 1.807) is 18.2 Å². The Balaban J connectivity index is 2.16. The molecule has 102 valence electrons. The van der Waals surface area contributed by atoms with Crippen LogP contribution in [0.2, 0.25) is 5.02 Å². The molecule has 2 N–H and O–H groups in total. The van der Waals surface area contributed by atoms with Crippen molar-refractivity contribution in [2.75, 3.05) is 5.73 Å². The van der Waals surface area contributed by atoms with Gasteiger partial charge in [0, 0.05) is 5.02 Å². The fourth-order valence-corrected chi connectivity index (χ4v) is 2.58. The van der Waals surface area contributed by atoms with Crippen molar-refractivity contribution < 1.29 is 4.39 Å². The van der Waals surface area contributed by atoms with E-state index in [0.29, 0.717) is 11.0 Å². The van der Waals surface area contributed by atoms with Crippen molar-refractivity contribution in [1.29, 1.82) is 0 Å². The van der Waals surface area contributed by atoms with Gasteiger partial charge < -0.3 is 10.3 Å². The van der Waals surface area contributed by atoms with Crippen molar-refractivity contribution in [3.63, 3.8) is 0 Å². The van der Waals surface area contributed by atoms with Gasteiger partial charge in [-0.15, -0.1) is 0 Å². The maximum atomic E-state index is 13.4. The summed E-state index contributed by atoms with van der Waals surface area (Å²) in [5.41, 5.74) is 8.45. The molecule has 0 saturated heterocycles. The van der Waals surface area contributed by atoms with Crippen LogP contribution in [-0.2, 0) is 0 Å². The standard InChI is InChI=1S/C15H13ClFN3/c1-9(10-3-2-4-12(17)7-10)20-14-6-5-11(16)8-13(14)19-15(20)18/h2-9H,1H3,(H2,18,19). The Labute approximate surface area is 120 Å². The van der Waals surface area contributed by atoms with E-state index in [0.717, 1.165) is 16.6 Å². The van der Waals surface area contributed by atoms with Gasteiger partial charge in [0.2, 0.25) is 5.95 Å². The quantitative estimate of drug-likeness (QED) is 0.774. The molecule has 5 heteroatoms. The molecular formula is C15H13ClFN3. The largest absolute Gasteiger partial charge is 0.369 e. The van der Waals surface area contributed by atoms with Gasteiger partial charge in [0.25, 0.3) is 0 Å².